The smallest absolute Gasteiger partial charge is 0.455 e. The second-order valence-electron chi connectivity index (χ2n) is 16.9. The summed E-state index contributed by atoms with van der Waals surface area (Å²) in [5, 5.41) is 23.3. The summed E-state index contributed by atoms with van der Waals surface area (Å²) >= 11 is 0. The second kappa shape index (κ2) is 16.1. The number of phenolic OH excluding ortho intramolecular Hbond substituents is 1. The fourth-order valence-corrected chi connectivity index (χ4v) is 14.6. The Balaban J connectivity index is 1.29. The molecule has 9 heteroatoms. The first-order valence-electron chi connectivity index (χ1n) is 20.2. The van der Waals surface area contributed by atoms with Crippen molar-refractivity contribution in [1.82, 2.24) is 4.90 Å². The van der Waals surface area contributed by atoms with Gasteiger partial charge in [-0.2, -0.15) is 0 Å². The van der Waals surface area contributed by atoms with Crippen LogP contribution < -0.4 is 10.4 Å². The Morgan fingerprint density at radius 1 is 0.907 bits per heavy atom. The van der Waals surface area contributed by atoms with Crippen molar-refractivity contribution in [2.75, 3.05) is 6.61 Å². The summed E-state index contributed by atoms with van der Waals surface area (Å²) < 4.78 is 14.0. The van der Waals surface area contributed by atoms with Gasteiger partial charge in [0.1, 0.15) is 5.75 Å². The summed E-state index contributed by atoms with van der Waals surface area (Å²) in [6.07, 6.45) is 9.66. The quantitative estimate of drug-likeness (QED) is 0.119. The van der Waals surface area contributed by atoms with E-state index in [1.54, 1.807) is 17.0 Å². The van der Waals surface area contributed by atoms with E-state index in [0.717, 1.165) is 61.7 Å². The number of likely N-dealkylation sites (tertiary alicyclic amines) is 1. The number of carbonyl (C=O) groups excluding carboxylic acids is 2. The van der Waals surface area contributed by atoms with Gasteiger partial charge in [0.15, 0.2) is 0 Å². The van der Waals surface area contributed by atoms with Crippen LogP contribution in [0.2, 0.25) is 11.4 Å². The Labute approximate surface area is 322 Å². The molecule has 0 bridgehead atoms. The lowest BCUT2D eigenvalue weighted by Gasteiger charge is -2.46. The number of phenols is 1. The van der Waals surface area contributed by atoms with Crippen LogP contribution in [0, 0.1) is 17.8 Å². The number of hydrogen-bond donors (Lipinski definition) is 2. The molecular formula is C45H56BNO6Si. The first-order chi connectivity index (χ1) is 26.0. The lowest BCUT2D eigenvalue weighted by molar-refractivity contribution is -0.143. The van der Waals surface area contributed by atoms with Gasteiger partial charge in [-0.1, -0.05) is 131 Å². The minimum Gasteiger partial charge on any atom is -0.508 e. The Bertz CT molecular complexity index is 1810. The number of rotatable bonds is 11. The number of carbonyl (C=O) groups is 2. The standard InChI is InChI=1S/C45H56BNO6Si/c1-5-31(27-32-21-24-35(48)25-22-32)23-26-40-41-33(30-52-54(45(2,3)4,36-17-11-7-12-18-36)37-19-13-8-14-20-37)28-38-42(39(41)29-46(51)53-40)44(50)47(43(38)49)34-15-9-6-10-16-34/h7-8,11-14,17-22,24-25,27,34,38-40,42,48,51H,5-6,9-10,15-16,23,26,28-30H2,1-4H3/b31-27+/t38-,39+,40-,42-/m1/s1. The third-order valence-electron chi connectivity index (χ3n) is 12.6. The number of nitrogens with zero attached hydrogens (tertiary/aromatic N) is 1. The lowest BCUT2D eigenvalue weighted by atomic mass is 9.58. The predicted octanol–water partition coefficient (Wildman–Crippen LogP) is 7.67. The molecule has 4 atom stereocenters. The van der Waals surface area contributed by atoms with Gasteiger partial charge < -0.3 is 19.2 Å². The van der Waals surface area contributed by atoms with E-state index in [1.807, 2.05) is 24.3 Å². The topological polar surface area (TPSA) is 96.3 Å². The summed E-state index contributed by atoms with van der Waals surface area (Å²) in [7, 11) is -3.96. The summed E-state index contributed by atoms with van der Waals surface area (Å²) in [5.41, 5.74) is 4.37. The van der Waals surface area contributed by atoms with Crippen LogP contribution in [-0.2, 0) is 18.7 Å². The van der Waals surface area contributed by atoms with E-state index >= 15 is 0 Å². The highest BCUT2D eigenvalue weighted by atomic mass is 28.4. The molecule has 2 saturated heterocycles. The second-order valence-corrected chi connectivity index (χ2v) is 21.2. The Kier molecular flexibility index (Phi) is 11.5. The lowest BCUT2D eigenvalue weighted by Crippen LogP contribution is -2.66. The van der Waals surface area contributed by atoms with Gasteiger partial charge in [-0.3, -0.25) is 14.5 Å². The number of imide groups is 1. The molecule has 0 aromatic heterocycles. The molecule has 1 saturated carbocycles. The van der Waals surface area contributed by atoms with Crippen molar-refractivity contribution >= 4 is 43.7 Å². The van der Waals surface area contributed by atoms with Crippen LogP contribution in [0.4, 0.5) is 0 Å². The molecule has 3 fully saturated rings. The van der Waals surface area contributed by atoms with Crippen molar-refractivity contribution in [2.45, 2.75) is 109 Å². The van der Waals surface area contributed by atoms with Gasteiger partial charge in [-0.05, 0) is 95.0 Å². The van der Waals surface area contributed by atoms with Crippen molar-refractivity contribution in [3.05, 3.63) is 107 Å². The zero-order valence-corrected chi connectivity index (χ0v) is 33.4. The van der Waals surface area contributed by atoms with Crippen molar-refractivity contribution in [1.29, 1.82) is 0 Å². The number of hydrogen-bond acceptors (Lipinski definition) is 6. The van der Waals surface area contributed by atoms with Gasteiger partial charge in [0.05, 0.1) is 24.5 Å². The molecule has 0 radical (unpaired) electrons. The fraction of sp³-hybridized carbons (Fsp3) is 0.467. The molecule has 7 nitrogen and oxygen atoms in total. The van der Waals surface area contributed by atoms with Crippen molar-refractivity contribution in [3.8, 4) is 5.75 Å². The molecule has 2 heterocycles. The van der Waals surface area contributed by atoms with Crippen LogP contribution >= 0.6 is 0 Å². The number of allylic oxidation sites excluding steroid dienone is 1. The zero-order chi connectivity index (χ0) is 38.0. The van der Waals surface area contributed by atoms with Crippen molar-refractivity contribution in [3.63, 3.8) is 0 Å². The van der Waals surface area contributed by atoms with E-state index in [0.29, 0.717) is 19.4 Å². The summed E-state index contributed by atoms with van der Waals surface area (Å²) in [4.78, 5) is 30.6. The predicted molar refractivity (Wildman–Crippen MR) is 218 cm³/mol. The molecule has 2 amide bonds. The number of aromatic hydroxyl groups is 1. The first kappa shape index (κ1) is 38.5. The van der Waals surface area contributed by atoms with E-state index in [-0.39, 0.29) is 40.9 Å². The maximum atomic E-state index is 14.5. The highest BCUT2D eigenvalue weighted by Crippen LogP contribution is 2.52. The minimum absolute atomic E-state index is 0.0395. The van der Waals surface area contributed by atoms with Crippen LogP contribution in [0.1, 0.15) is 91.0 Å². The zero-order valence-electron chi connectivity index (χ0n) is 32.4. The Hall–Kier alpha value is -3.76. The van der Waals surface area contributed by atoms with Crippen LogP contribution in [0.5, 0.6) is 5.75 Å². The summed E-state index contributed by atoms with van der Waals surface area (Å²) in [6, 6.07) is 28.4. The largest absolute Gasteiger partial charge is 0.508 e. The monoisotopic (exact) mass is 745 g/mol. The normalized spacial score (nSPS) is 24.2. The summed E-state index contributed by atoms with van der Waals surface area (Å²) in [5.74, 6) is -1.12. The molecule has 2 aliphatic heterocycles. The molecule has 3 aromatic carbocycles. The third kappa shape index (κ3) is 7.45. The molecule has 54 heavy (non-hydrogen) atoms. The van der Waals surface area contributed by atoms with Gasteiger partial charge in [0.25, 0.3) is 8.32 Å². The van der Waals surface area contributed by atoms with E-state index in [2.05, 4.69) is 82.3 Å². The first-order valence-corrected chi connectivity index (χ1v) is 22.1. The van der Waals surface area contributed by atoms with Crippen LogP contribution in [0.15, 0.2) is 102 Å². The number of fused-ring (bicyclic) bond motifs is 3. The van der Waals surface area contributed by atoms with E-state index in [4.69, 9.17) is 9.08 Å². The highest BCUT2D eigenvalue weighted by molar-refractivity contribution is 6.99. The molecule has 0 spiro atoms. The number of amides is 2. The van der Waals surface area contributed by atoms with Crippen molar-refractivity contribution < 1.29 is 28.8 Å². The molecule has 3 aromatic rings. The van der Waals surface area contributed by atoms with Gasteiger partial charge in [-0.15, -0.1) is 0 Å². The van der Waals surface area contributed by atoms with E-state index in [9.17, 15) is 19.7 Å². The minimum atomic E-state index is -2.93. The maximum absolute atomic E-state index is 14.5. The van der Waals surface area contributed by atoms with Crippen molar-refractivity contribution in [2.24, 2.45) is 17.8 Å². The molecule has 4 aliphatic rings. The molecular weight excluding hydrogens is 689 g/mol. The van der Waals surface area contributed by atoms with Gasteiger partial charge >= 0.3 is 7.12 Å². The van der Waals surface area contributed by atoms with Gasteiger partial charge in [0.2, 0.25) is 11.8 Å². The molecule has 2 N–H and O–H groups in total. The average molecular weight is 746 g/mol. The van der Waals surface area contributed by atoms with Crippen LogP contribution in [-0.4, -0.2) is 61.0 Å². The average Bonchev–Trinajstić information content (AvgIpc) is 3.43. The van der Waals surface area contributed by atoms with Gasteiger partial charge in [0, 0.05) is 6.04 Å². The Morgan fingerprint density at radius 3 is 2.13 bits per heavy atom. The molecule has 284 valence electrons. The Morgan fingerprint density at radius 2 is 1.54 bits per heavy atom. The number of benzene rings is 3. The highest BCUT2D eigenvalue weighted by Gasteiger charge is 2.59. The van der Waals surface area contributed by atoms with Crippen LogP contribution in [0.3, 0.4) is 0 Å². The third-order valence-corrected chi connectivity index (χ3v) is 17.6. The van der Waals surface area contributed by atoms with Gasteiger partial charge in [-0.25, -0.2) is 0 Å². The van der Waals surface area contributed by atoms with E-state index < -0.39 is 33.4 Å². The van der Waals surface area contributed by atoms with E-state index in [1.165, 1.54) is 15.9 Å². The molecule has 2 aliphatic carbocycles. The maximum Gasteiger partial charge on any atom is 0.455 e. The molecule has 0 unspecified atom stereocenters. The molecule has 7 rings (SSSR count). The fourth-order valence-electron chi connectivity index (χ4n) is 10.1. The van der Waals surface area contributed by atoms with Crippen LogP contribution in [0.25, 0.3) is 6.08 Å². The summed E-state index contributed by atoms with van der Waals surface area (Å²) in [6.45, 7) is 9.28. The SMILES string of the molecule is CC/C(=C\c1ccc(O)cc1)CC[C@H]1OB(O)C[C@H]2C1=C(CO[Si](c1ccccc1)(c1ccccc1)C(C)(C)C)C[C@H]1C(=O)N(C3CCCCC3)C(=O)[C@H]12.